The lowest BCUT2D eigenvalue weighted by Crippen LogP contribution is -2.25. The Balaban J connectivity index is 1.73. The number of nitrogens with zero attached hydrogens (tertiary/aromatic N) is 3. The van der Waals surface area contributed by atoms with Gasteiger partial charge in [0.05, 0.1) is 6.54 Å². The van der Waals surface area contributed by atoms with Crippen LogP contribution < -0.4 is 0 Å². The molecule has 1 unspecified atom stereocenters. The van der Waals surface area contributed by atoms with Crippen LogP contribution in [0.3, 0.4) is 0 Å². The van der Waals surface area contributed by atoms with E-state index in [1.807, 2.05) is 42.1 Å². The van der Waals surface area contributed by atoms with Gasteiger partial charge in [-0.1, -0.05) is 35.5 Å². The van der Waals surface area contributed by atoms with E-state index in [1.54, 1.807) is 11.3 Å². The summed E-state index contributed by atoms with van der Waals surface area (Å²) in [5.41, 5.74) is 2.14. The lowest BCUT2D eigenvalue weighted by atomic mass is 10.0. The first-order valence-corrected chi connectivity index (χ1v) is 8.43. The van der Waals surface area contributed by atoms with Crippen LogP contribution in [0.15, 0.2) is 51.7 Å². The molecule has 2 heterocycles. The van der Waals surface area contributed by atoms with Gasteiger partial charge in [0.1, 0.15) is 0 Å². The topological polar surface area (TPSA) is 62.4 Å². The number of aliphatic hydroxyl groups is 1. The van der Waals surface area contributed by atoms with Gasteiger partial charge in [-0.2, -0.15) is 16.3 Å². The molecule has 0 aliphatic heterocycles. The largest absolute Gasteiger partial charge is 0.396 e. The number of thiophene rings is 1. The van der Waals surface area contributed by atoms with Crippen LogP contribution >= 0.6 is 11.3 Å². The Bertz CT molecular complexity index is 713. The van der Waals surface area contributed by atoms with Crippen LogP contribution in [0.4, 0.5) is 0 Å². The molecule has 6 heteroatoms. The Hall–Kier alpha value is -2.02. The number of aliphatic hydroxyl groups excluding tert-OH is 1. The first-order valence-electron chi connectivity index (χ1n) is 7.49. The van der Waals surface area contributed by atoms with Crippen LogP contribution in [-0.4, -0.2) is 33.8 Å². The summed E-state index contributed by atoms with van der Waals surface area (Å²) in [6.45, 7) is 0.671. The predicted molar refractivity (Wildman–Crippen MR) is 90.0 cm³/mol. The summed E-state index contributed by atoms with van der Waals surface area (Å²) < 4.78 is 5.36. The van der Waals surface area contributed by atoms with E-state index in [0.29, 0.717) is 24.7 Å². The summed E-state index contributed by atoms with van der Waals surface area (Å²) in [6, 6.07) is 12.2. The maximum absolute atomic E-state index is 9.37. The van der Waals surface area contributed by atoms with E-state index in [4.69, 9.17) is 4.52 Å². The average Bonchev–Trinajstić information content (AvgIpc) is 3.24. The molecular formula is C17H19N3O2S. The van der Waals surface area contributed by atoms with Gasteiger partial charge in [-0.15, -0.1) is 0 Å². The van der Waals surface area contributed by atoms with E-state index in [9.17, 15) is 5.11 Å². The maximum Gasteiger partial charge on any atom is 0.241 e. The van der Waals surface area contributed by atoms with Gasteiger partial charge >= 0.3 is 0 Å². The number of hydrogen-bond acceptors (Lipinski definition) is 6. The second kappa shape index (κ2) is 7.50. The molecule has 0 aliphatic carbocycles. The lowest BCUT2D eigenvalue weighted by Gasteiger charge is -2.26. The fourth-order valence-corrected chi connectivity index (χ4v) is 3.22. The Kier molecular flexibility index (Phi) is 5.17. The molecule has 5 nitrogen and oxygen atoms in total. The van der Waals surface area contributed by atoms with Gasteiger partial charge in [0, 0.05) is 23.6 Å². The molecule has 3 aromatic rings. The molecule has 2 aromatic heterocycles. The monoisotopic (exact) mass is 329 g/mol. The molecule has 0 radical (unpaired) electrons. The third-order valence-electron chi connectivity index (χ3n) is 3.75. The van der Waals surface area contributed by atoms with Crippen molar-refractivity contribution in [2.24, 2.45) is 0 Å². The third-order valence-corrected chi connectivity index (χ3v) is 4.43. The minimum Gasteiger partial charge on any atom is -0.396 e. The highest BCUT2D eigenvalue weighted by atomic mass is 32.1. The Morgan fingerprint density at radius 1 is 1.26 bits per heavy atom. The summed E-state index contributed by atoms with van der Waals surface area (Å²) >= 11 is 1.61. The van der Waals surface area contributed by atoms with Gasteiger partial charge in [-0.25, -0.2) is 0 Å². The zero-order valence-corrected chi connectivity index (χ0v) is 13.7. The molecule has 0 saturated heterocycles. The fourth-order valence-electron chi connectivity index (χ4n) is 2.59. The fraction of sp³-hybridized carbons (Fsp3) is 0.294. The Morgan fingerprint density at radius 3 is 2.78 bits per heavy atom. The average molecular weight is 329 g/mol. The molecule has 1 atom stereocenters. The summed E-state index contributed by atoms with van der Waals surface area (Å²) in [6.07, 6.45) is 0.659. The van der Waals surface area contributed by atoms with Gasteiger partial charge in [0.25, 0.3) is 0 Å². The van der Waals surface area contributed by atoms with E-state index in [1.165, 1.54) is 5.56 Å². The summed E-state index contributed by atoms with van der Waals surface area (Å²) in [4.78, 5) is 6.58. The SMILES string of the molecule is CN(Cc1nc(-c2ccsc2)no1)C(CCO)c1ccccc1. The van der Waals surface area contributed by atoms with Crippen molar-refractivity contribution in [1.82, 2.24) is 15.0 Å². The van der Waals surface area contributed by atoms with Crippen molar-refractivity contribution in [1.29, 1.82) is 0 Å². The normalized spacial score (nSPS) is 12.7. The zero-order valence-electron chi connectivity index (χ0n) is 12.9. The van der Waals surface area contributed by atoms with Gasteiger partial charge in [0.15, 0.2) is 0 Å². The first kappa shape index (κ1) is 15.9. The lowest BCUT2D eigenvalue weighted by molar-refractivity contribution is 0.164. The van der Waals surface area contributed by atoms with Crippen molar-refractivity contribution >= 4 is 11.3 Å². The minimum atomic E-state index is 0.109. The molecule has 0 bridgehead atoms. The van der Waals surface area contributed by atoms with E-state index in [-0.39, 0.29) is 12.6 Å². The number of aromatic nitrogens is 2. The Morgan fingerprint density at radius 2 is 2.09 bits per heavy atom. The first-order chi connectivity index (χ1) is 11.3. The van der Waals surface area contributed by atoms with Gasteiger partial charge in [0.2, 0.25) is 11.7 Å². The zero-order chi connectivity index (χ0) is 16.1. The van der Waals surface area contributed by atoms with E-state index in [2.05, 4.69) is 27.2 Å². The van der Waals surface area contributed by atoms with Crippen LogP contribution in [0.25, 0.3) is 11.4 Å². The van der Waals surface area contributed by atoms with E-state index >= 15 is 0 Å². The van der Waals surface area contributed by atoms with Crippen molar-refractivity contribution in [3.8, 4) is 11.4 Å². The van der Waals surface area contributed by atoms with Gasteiger partial charge < -0.3 is 9.63 Å². The summed E-state index contributed by atoms with van der Waals surface area (Å²) in [5.74, 6) is 1.20. The number of rotatable bonds is 7. The van der Waals surface area contributed by atoms with E-state index < -0.39 is 0 Å². The standard InChI is InChI=1S/C17H19N3O2S/c1-20(15(7-9-21)13-5-3-2-4-6-13)11-16-18-17(19-22-16)14-8-10-23-12-14/h2-6,8,10,12,15,21H,7,9,11H2,1H3. The van der Waals surface area contributed by atoms with E-state index in [0.717, 1.165) is 5.56 Å². The highest BCUT2D eigenvalue weighted by Crippen LogP contribution is 2.25. The smallest absolute Gasteiger partial charge is 0.241 e. The van der Waals surface area contributed by atoms with Crippen LogP contribution in [0.1, 0.15) is 23.9 Å². The van der Waals surface area contributed by atoms with Crippen molar-refractivity contribution in [2.45, 2.75) is 19.0 Å². The second-order valence-corrected chi connectivity index (χ2v) is 6.16. The second-order valence-electron chi connectivity index (χ2n) is 5.38. The molecule has 1 aromatic carbocycles. The molecule has 0 aliphatic rings. The van der Waals surface area contributed by atoms with Crippen LogP contribution in [0, 0.1) is 0 Å². The molecule has 3 rings (SSSR count). The molecule has 0 amide bonds. The molecular weight excluding hydrogens is 310 g/mol. The Labute approximate surface area is 139 Å². The molecule has 0 spiro atoms. The molecule has 120 valence electrons. The molecule has 0 saturated carbocycles. The number of benzene rings is 1. The summed E-state index contributed by atoms with van der Waals surface area (Å²) in [7, 11) is 2.00. The highest BCUT2D eigenvalue weighted by Gasteiger charge is 2.19. The molecule has 0 fully saturated rings. The quantitative estimate of drug-likeness (QED) is 0.720. The van der Waals surface area contributed by atoms with Crippen LogP contribution in [-0.2, 0) is 6.54 Å². The van der Waals surface area contributed by atoms with Crippen LogP contribution in [0.2, 0.25) is 0 Å². The van der Waals surface area contributed by atoms with Gasteiger partial charge in [-0.05, 0) is 30.5 Å². The van der Waals surface area contributed by atoms with Crippen molar-refractivity contribution in [3.63, 3.8) is 0 Å². The minimum absolute atomic E-state index is 0.109. The predicted octanol–water partition coefficient (Wildman–Crippen LogP) is 3.35. The molecule has 23 heavy (non-hydrogen) atoms. The van der Waals surface area contributed by atoms with Crippen molar-refractivity contribution in [2.75, 3.05) is 13.7 Å². The van der Waals surface area contributed by atoms with Gasteiger partial charge in [-0.3, -0.25) is 4.90 Å². The maximum atomic E-state index is 9.37. The summed E-state index contributed by atoms with van der Waals surface area (Å²) in [5, 5.41) is 17.4. The highest BCUT2D eigenvalue weighted by molar-refractivity contribution is 7.08. The van der Waals surface area contributed by atoms with Crippen LogP contribution in [0.5, 0.6) is 0 Å². The molecule has 1 N–H and O–H groups in total. The third kappa shape index (κ3) is 3.85. The van der Waals surface area contributed by atoms with Crippen molar-refractivity contribution in [3.05, 3.63) is 58.6 Å². The van der Waals surface area contributed by atoms with Crippen molar-refractivity contribution < 1.29 is 9.63 Å². The number of hydrogen-bond donors (Lipinski definition) is 1.